The van der Waals surface area contributed by atoms with Gasteiger partial charge in [0.1, 0.15) is 0 Å². The lowest BCUT2D eigenvalue weighted by Gasteiger charge is -2.19. The van der Waals surface area contributed by atoms with Crippen molar-refractivity contribution < 1.29 is 0 Å². The summed E-state index contributed by atoms with van der Waals surface area (Å²) >= 11 is 5.78. The number of aromatic nitrogens is 2. The summed E-state index contributed by atoms with van der Waals surface area (Å²) < 4.78 is 3.22. The van der Waals surface area contributed by atoms with Crippen molar-refractivity contribution in [1.29, 1.82) is 0 Å². The van der Waals surface area contributed by atoms with Crippen LogP contribution in [0.5, 0.6) is 0 Å². The quantitative estimate of drug-likeness (QED) is 0.725. The molecule has 0 amide bonds. The number of aryl methyl sites for hydroxylation is 2. The van der Waals surface area contributed by atoms with Crippen molar-refractivity contribution in [2.45, 2.75) is 58.2 Å². The molecule has 1 aromatic rings. The molecule has 3 nitrogen and oxygen atoms in total. The lowest BCUT2D eigenvalue weighted by atomic mass is 10.1. The SMILES string of the molecule is CCNC(CSC(C)CC)Cc1c(Br)c(CC)nn1C. The van der Waals surface area contributed by atoms with Crippen molar-refractivity contribution >= 4 is 27.7 Å². The van der Waals surface area contributed by atoms with Crippen LogP contribution in [-0.2, 0) is 19.9 Å². The monoisotopic (exact) mass is 361 g/mol. The summed E-state index contributed by atoms with van der Waals surface area (Å²) in [5.74, 6) is 1.15. The predicted octanol–water partition coefficient (Wildman–Crippen LogP) is 3.80. The van der Waals surface area contributed by atoms with Crippen molar-refractivity contribution in [3.05, 3.63) is 15.9 Å². The van der Waals surface area contributed by atoms with E-state index in [9.17, 15) is 0 Å². The first kappa shape index (κ1) is 18.1. The maximum atomic E-state index is 4.59. The van der Waals surface area contributed by atoms with Crippen molar-refractivity contribution in [3.8, 4) is 0 Å². The van der Waals surface area contributed by atoms with Crippen LogP contribution in [0.1, 0.15) is 45.5 Å². The number of nitrogens with one attached hydrogen (secondary N) is 1. The first-order chi connectivity index (χ1) is 9.53. The highest BCUT2D eigenvalue weighted by Crippen LogP contribution is 2.24. The van der Waals surface area contributed by atoms with Gasteiger partial charge in [0.05, 0.1) is 15.9 Å². The Morgan fingerprint density at radius 2 is 2.05 bits per heavy atom. The fourth-order valence-electron chi connectivity index (χ4n) is 2.15. The molecule has 0 aliphatic rings. The van der Waals surface area contributed by atoms with Crippen LogP contribution in [0, 0.1) is 0 Å². The van der Waals surface area contributed by atoms with Gasteiger partial charge in [0.15, 0.2) is 0 Å². The first-order valence-electron chi connectivity index (χ1n) is 7.58. The molecule has 1 aromatic heterocycles. The van der Waals surface area contributed by atoms with Crippen LogP contribution in [0.4, 0.5) is 0 Å². The lowest BCUT2D eigenvalue weighted by Crippen LogP contribution is -2.34. The van der Waals surface area contributed by atoms with Gasteiger partial charge in [-0.1, -0.05) is 27.7 Å². The van der Waals surface area contributed by atoms with Crippen molar-refractivity contribution in [2.75, 3.05) is 12.3 Å². The standard InChI is InChI=1S/C15H28BrN3S/c1-6-11(4)20-10-12(17-8-3)9-14-15(16)13(7-2)18-19(14)5/h11-12,17H,6-10H2,1-5H3. The number of thioether (sulfide) groups is 1. The predicted molar refractivity (Wildman–Crippen MR) is 93.7 cm³/mol. The molecule has 0 aliphatic heterocycles. The second kappa shape index (κ2) is 9.11. The average molecular weight is 362 g/mol. The second-order valence-electron chi connectivity index (χ2n) is 5.20. The third-order valence-electron chi connectivity index (χ3n) is 3.59. The Hall–Kier alpha value is 0. The molecule has 0 aromatic carbocycles. The summed E-state index contributed by atoms with van der Waals surface area (Å²) in [4.78, 5) is 0. The highest BCUT2D eigenvalue weighted by molar-refractivity contribution is 9.10. The molecule has 20 heavy (non-hydrogen) atoms. The topological polar surface area (TPSA) is 29.9 Å². The molecule has 0 bridgehead atoms. The van der Waals surface area contributed by atoms with Crippen LogP contribution in [0.3, 0.4) is 0 Å². The van der Waals surface area contributed by atoms with Crippen LogP contribution in [-0.4, -0.2) is 33.4 Å². The smallest absolute Gasteiger partial charge is 0.0766 e. The van der Waals surface area contributed by atoms with Gasteiger partial charge in [-0.25, -0.2) is 0 Å². The number of halogens is 1. The van der Waals surface area contributed by atoms with E-state index in [2.05, 4.69) is 65.8 Å². The van der Waals surface area contributed by atoms with Gasteiger partial charge in [-0.05, 0) is 35.3 Å². The minimum atomic E-state index is 0.510. The van der Waals surface area contributed by atoms with Crippen molar-refractivity contribution in [3.63, 3.8) is 0 Å². The Balaban J connectivity index is 2.72. The third kappa shape index (κ3) is 5.08. The molecule has 2 unspecified atom stereocenters. The van der Waals surface area contributed by atoms with E-state index in [0.717, 1.165) is 36.1 Å². The minimum absolute atomic E-state index is 0.510. The van der Waals surface area contributed by atoms with Crippen molar-refractivity contribution in [1.82, 2.24) is 15.1 Å². The fourth-order valence-corrected chi connectivity index (χ4v) is 3.96. The number of hydrogen-bond donors (Lipinski definition) is 1. The van der Waals surface area contributed by atoms with E-state index >= 15 is 0 Å². The molecule has 1 heterocycles. The number of hydrogen-bond acceptors (Lipinski definition) is 3. The zero-order valence-electron chi connectivity index (χ0n) is 13.4. The average Bonchev–Trinajstić information content (AvgIpc) is 2.71. The van der Waals surface area contributed by atoms with E-state index < -0.39 is 0 Å². The summed E-state index contributed by atoms with van der Waals surface area (Å²) in [5, 5.41) is 8.93. The lowest BCUT2D eigenvalue weighted by molar-refractivity contribution is 0.547. The van der Waals surface area contributed by atoms with Gasteiger partial charge in [0.25, 0.3) is 0 Å². The zero-order chi connectivity index (χ0) is 15.1. The molecule has 0 saturated carbocycles. The largest absolute Gasteiger partial charge is 0.313 e. The highest BCUT2D eigenvalue weighted by Gasteiger charge is 2.18. The Labute approximate surface area is 136 Å². The maximum Gasteiger partial charge on any atom is 0.0766 e. The second-order valence-corrected chi connectivity index (χ2v) is 7.46. The van der Waals surface area contributed by atoms with E-state index in [1.165, 1.54) is 16.6 Å². The van der Waals surface area contributed by atoms with Gasteiger partial charge in [0.2, 0.25) is 0 Å². The Morgan fingerprint density at radius 1 is 1.35 bits per heavy atom. The van der Waals surface area contributed by atoms with Crippen LogP contribution < -0.4 is 5.32 Å². The summed E-state index contributed by atoms with van der Waals surface area (Å²) in [6.07, 6.45) is 3.24. The van der Waals surface area contributed by atoms with E-state index in [1.807, 2.05) is 11.7 Å². The summed E-state index contributed by atoms with van der Waals surface area (Å²) in [6.45, 7) is 9.91. The molecule has 1 rings (SSSR count). The fraction of sp³-hybridized carbons (Fsp3) is 0.800. The summed E-state index contributed by atoms with van der Waals surface area (Å²) in [6, 6.07) is 0.510. The summed E-state index contributed by atoms with van der Waals surface area (Å²) in [5.41, 5.74) is 2.46. The maximum absolute atomic E-state index is 4.59. The molecule has 0 aliphatic carbocycles. The minimum Gasteiger partial charge on any atom is -0.313 e. The van der Waals surface area contributed by atoms with Gasteiger partial charge in [-0.3, -0.25) is 4.68 Å². The normalized spacial score (nSPS) is 14.5. The molecule has 1 N–H and O–H groups in total. The Kier molecular flexibility index (Phi) is 8.22. The molecule has 0 saturated heterocycles. The van der Waals surface area contributed by atoms with E-state index in [1.54, 1.807) is 0 Å². The molecular formula is C15H28BrN3S. The third-order valence-corrected chi connectivity index (χ3v) is 6.00. The zero-order valence-corrected chi connectivity index (χ0v) is 15.8. The number of nitrogens with zero attached hydrogens (tertiary/aromatic N) is 2. The highest BCUT2D eigenvalue weighted by atomic mass is 79.9. The summed E-state index contributed by atoms with van der Waals surface area (Å²) in [7, 11) is 2.05. The van der Waals surface area contributed by atoms with Gasteiger partial charge in [0, 0.05) is 30.5 Å². The number of likely N-dealkylation sites (N-methyl/N-ethyl adjacent to an activating group) is 1. The van der Waals surface area contributed by atoms with Crippen LogP contribution in [0.2, 0.25) is 0 Å². The molecule has 116 valence electrons. The molecule has 5 heteroatoms. The van der Waals surface area contributed by atoms with Crippen LogP contribution in [0.15, 0.2) is 4.47 Å². The van der Waals surface area contributed by atoms with Gasteiger partial charge in [-0.15, -0.1) is 0 Å². The molecule has 2 atom stereocenters. The number of rotatable bonds is 9. The Morgan fingerprint density at radius 3 is 2.55 bits per heavy atom. The van der Waals surface area contributed by atoms with E-state index in [0.29, 0.717) is 6.04 Å². The van der Waals surface area contributed by atoms with E-state index in [4.69, 9.17) is 0 Å². The van der Waals surface area contributed by atoms with Crippen molar-refractivity contribution in [2.24, 2.45) is 7.05 Å². The molecule has 0 fully saturated rings. The van der Waals surface area contributed by atoms with Gasteiger partial charge >= 0.3 is 0 Å². The molecule has 0 radical (unpaired) electrons. The first-order valence-corrected chi connectivity index (χ1v) is 9.42. The Bertz CT molecular complexity index is 406. The van der Waals surface area contributed by atoms with E-state index in [-0.39, 0.29) is 0 Å². The molecule has 0 spiro atoms. The van der Waals surface area contributed by atoms with Gasteiger partial charge < -0.3 is 5.32 Å². The van der Waals surface area contributed by atoms with Crippen LogP contribution >= 0.6 is 27.7 Å². The van der Waals surface area contributed by atoms with Crippen LogP contribution in [0.25, 0.3) is 0 Å². The van der Waals surface area contributed by atoms with Gasteiger partial charge in [-0.2, -0.15) is 16.9 Å². The molecular weight excluding hydrogens is 334 g/mol.